The third-order valence-electron chi connectivity index (χ3n) is 4.52. The van der Waals surface area contributed by atoms with Crippen molar-refractivity contribution >= 4 is 33.3 Å². The van der Waals surface area contributed by atoms with Gasteiger partial charge in [0.1, 0.15) is 11.3 Å². The van der Waals surface area contributed by atoms with Gasteiger partial charge in [-0.2, -0.15) is 5.10 Å². The fourth-order valence-corrected chi connectivity index (χ4v) is 3.27. The Morgan fingerprint density at radius 2 is 2.28 bits per heavy atom. The molecule has 1 fully saturated rings. The summed E-state index contributed by atoms with van der Waals surface area (Å²) in [7, 11) is 0. The minimum atomic E-state index is 0.213. The first-order valence-corrected chi connectivity index (χ1v) is 8.31. The molecule has 0 bridgehead atoms. The summed E-state index contributed by atoms with van der Waals surface area (Å²) in [5.41, 5.74) is 14.1. The highest BCUT2D eigenvalue weighted by molar-refractivity contribution is 6.12. The molecule has 4 rings (SSSR count). The SMILES string of the molecule is N=C(/C=C\N)c1ccc2c(c1)nc(N)c1cn(CC3CCCO3)nc12. The summed E-state index contributed by atoms with van der Waals surface area (Å²) in [6, 6.07) is 5.65. The number of nitrogen functional groups attached to an aromatic ring is 1. The van der Waals surface area contributed by atoms with Gasteiger partial charge in [-0.1, -0.05) is 6.07 Å². The maximum absolute atomic E-state index is 7.99. The molecule has 3 heterocycles. The van der Waals surface area contributed by atoms with Crippen LogP contribution in [0.4, 0.5) is 5.82 Å². The first-order valence-electron chi connectivity index (χ1n) is 8.31. The third-order valence-corrected chi connectivity index (χ3v) is 4.52. The standard InChI is InChI=1S/C18H20N6O/c19-6-5-15(20)11-3-4-13-16(8-11)22-18(21)14-10-24(23-17(13)14)9-12-2-1-7-25-12/h3-6,8,10,12,20H,1-2,7,9,19H2,(H2,21,22)/b6-5-,20-15?. The van der Waals surface area contributed by atoms with Crippen molar-refractivity contribution in [1.29, 1.82) is 5.41 Å². The quantitative estimate of drug-likeness (QED) is 0.632. The fraction of sp³-hybridized carbons (Fsp3) is 0.278. The van der Waals surface area contributed by atoms with Gasteiger partial charge < -0.3 is 21.6 Å². The topological polar surface area (TPSA) is 116 Å². The van der Waals surface area contributed by atoms with Crippen LogP contribution in [-0.4, -0.2) is 33.2 Å². The Hall–Kier alpha value is -2.93. The maximum atomic E-state index is 7.99. The summed E-state index contributed by atoms with van der Waals surface area (Å²) in [5, 5.41) is 14.5. The molecule has 0 amide bonds. The summed E-state index contributed by atoms with van der Waals surface area (Å²) in [4.78, 5) is 4.49. The highest BCUT2D eigenvalue weighted by Gasteiger charge is 2.18. The van der Waals surface area contributed by atoms with Crippen molar-refractivity contribution in [3.63, 3.8) is 0 Å². The van der Waals surface area contributed by atoms with Crippen LogP contribution >= 0.6 is 0 Å². The van der Waals surface area contributed by atoms with E-state index in [1.807, 2.05) is 29.1 Å². The first-order chi connectivity index (χ1) is 12.2. The molecular weight excluding hydrogens is 316 g/mol. The Kier molecular flexibility index (Phi) is 3.85. The molecule has 128 valence electrons. The molecule has 0 saturated carbocycles. The van der Waals surface area contributed by atoms with Crippen LogP contribution in [0.1, 0.15) is 18.4 Å². The van der Waals surface area contributed by atoms with Gasteiger partial charge >= 0.3 is 0 Å². The monoisotopic (exact) mass is 336 g/mol. The number of ether oxygens (including phenoxy) is 1. The average Bonchev–Trinajstić information content (AvgIpc) is 3.25. The van der Waals surface area contributed by atoms with Gasteiger partial charge in [0.2, 0.25) is 0 Å². The average molecular weight is 336 g/mol. The zero-order chi connectivity index (χ0) is 17.4. The predicted octanol–water partition coefficient (Wildman–Crippen LogP) is 2.19. The zero-order valence-corrected chi connectivity index (χ0v) is 13.8. The van der Waals surface area contributed by atoms with Crippen LogP contribution in [0.3, 0.4) is 0 Å². The lowest BCUT2D eigenvalue weighted by atomic mass is 10.1. The summed E-state index contributed by atoms with van der Waals surface area (Å²) < 4.78 is 7.58. The molecule has 1 aliphatic rings. The number of nitrogens with one attached hydrogen (secondary N) is 1. The Morgan fingerprint density at radius 3 is 3.04 bits per heavy atom. The van der Waals surface area contributed by atoms with Crippen molar-refractivity contribution in [2.24, 2.45) is 5.73 Å². The second-order valence-corrected chi connectivity index (χ2v) is 6.25. The molecule has 7 heteroatoms. The van der Waals surface area contributed by atoms with E-state index < -0.39 is 0 Å². The Bertz CT molecular complexity index is 984. The summed E-state index contributed by atoms with van der Waals surface area (Å²) in [5.74, 6) is 0.444. The largest absolute Gasteiger partial charge is 0.405 e. The lowest BCUT2D eigenvalue weighted by molar-refractivity contribution is 0.0942. The lowest BCUT2D eigenvalue weighted by Crippen LogP contribution is -2.15. The molecule has 5 N–H and O–H groups in total. The van der Waals surface area contributed by atoms with E-state index in [0.717, 1.165) is 53.4 Å². The van der Waals surface area contributed by atoms with Crippen LogP contribution in [0.15, 0.2) is 36.7 Å². The molecule has 3 aromatic rings. The second-order valence-electron chi connectivity index (χ2n) is 6.25. The van der Waals surface area contributed by atoms with Gasteiger partial charge in [-0.3, -0.25) is 4.68 Å². The smallest absolute Gasteiger partial charge is 0.135 e. The molecule has 0 spiro atoms. The second kappa shape index (κ2) is 6.18. The van der Waals surface area contributed by atoms with Crippen molar-refractivity contribution < 1.29 is 4.74 Å². The van der Waals surface area contributed by atoms with Gasteiger partial charge in [0.25, 0.3) is 0 Å². The number of nitrogens with two attached hydrogens (primary N) is 2. The predicted molar refractivity (Wildman–Crippen MR) is 98.6 cm³/mol. The third kappa shape index (κ3) is 2.83. The number of hydrogen-bond acceptors (Lipinski definition) is 6. The summed E-state index contributed by atoms with van der Waals surface area (Å²) in [6.45, 7) is 1.55. The number of rotatable bonds is 4. The zero-order valence-electron chi connectivity index (χ0n) is 13.8. The summed E-state index contributed by atoms with van der Waals surface area (Å²) in [6.07, 6.45) is 7.20. The molecule has 2 aromatic heterocycles. The van der Waals surface area contributed by atoms with E-state index in [9.17, 15) is 0 Å². The molecule has 7 nitrogen and oxygen atoms in total. The number of benzene rings is 1. The van der Waals surface area contributed by atoms with Crippen molar-refractivity contribution in [2.45, 2.75) is 25.5 Å². The maximum Gasteiger partial charge on any atom is 0.135 e. The molecule has 1 aliphatic heterocycles. The molecular formula is C18H20N6O. The minimum Gasteiger partial charge on any atom is -0.405 e. The van der Waals surface area contributed by atoms with Crippen molar-refractivity contribution in [1.82, 2.24) is 14.8 Å². The van der Waals surface area contributed by atoms with Crippen LogP contribution in [0.5, 0.6) is 0 Å². The summed E-state index contributed by atoms with van der Waals surface area (Å²) >= 11 is 0. The molecule has 1 saturated heterocycles. The number of anilines is 1. The minimum absolute atomic E-state index is 0.213. The number of allylic oxidation sites excluding steroid dienone is 1. The Morgan fingerprint density at radius 1 is 1.40 bits per heavy atom. The molecule has 1 atom stereocenters. The van der Waals surface area contributed by atoms with Gasteiger partial charge in [-0.25, -0.2) is 4.98 Å². The molecule has 1 aromatic carbocycles. The highest BCUT2D eigenvalue weighted by atomic mass is 16.5. The fourth-order valence-electron chi connectivity index (χ4n) is 3.27. The van der Waals surface area contributed by atoms with Gasteiger partial charge in [-0.15, -0.1) is 0 Å². The van der Waals surface area contributed by atoms with E-state index in [1.54, 1.807) is 6.08 Å². The number of hydrogen-bond donors (Lipinski definition) is 3. The van der Waals surface area contributed by atoms with Crippen molar-refractivity contribution in [2.75, 3.05) is 12.3 Å². The van der Waals surface area contributed by atoms with Gasteiger partial charge in [0.15, 0.2) is 0 Å². The van der Waals surface area contributed by atoms with Crippen LogP contribution < -0.4 is 11.5 Å². The first kappa shape index (κ1) is 15.6. The van der Waals surface area contributed by atoms with E-state index >= 15 is 0 Å². The highest BCUT2D eigenvalue weighted by Crippen LogP contribution is 2.28. The van der Waals surface area contributed by atoms with Crippen LogP contribution in [0.2, 0.25) is 0 Å². The van der Waals surface area contributed by atoms with E-state index in [1.165, 1.54) is 6.20 Å². The number of aromatic nitrogens is 3. The van der Waals surface area contributed by atoms with Crippen LogP contribution in [0.25, 0.3) is 21.8 Å². The van der Waals surface area contributed by atoms with Gasteiger partial charge in [0, 0.05) is 23.8 Å². The number of fused-ring (bicyclic) bond motifs is 3. The Balaban J connectivity index is 1.79. The van der Waals surface area contributed by atoms with Gasteiger partial charge in [0.05, 0.1) is 29.3 Å². The normalized spacial score (nSPS) is 17.8. The number of pyridine rings is 1. The number of nitrogens with zero attached hydrogens (tertiary/aromatic N) is 3. The lowest BCUT2D eigenvalue weighted by Gasteiger charge is -2.08. The van der Waals surface area contributed by atoms with E-state index in [2.05, 4.69) is 4.98 Å². The van der Waals surface area contributed by atoms with E-state index in [4.69, 9.17) is 26.7 Å². The Labute approximate surface area is 144 Å². The molecule has 1 unspecified atom stereocenters. The van der Waals surface area contributed by atoms with E-state index in [-0.39, 0.29) is 6.10 Å². The molecule has 25 heavy (non-hydrogen) atoms. The van der Waals surface area contributed by atoms with Crippen LogP contribution in [-0.2, 0) is 11.3 Å². The van der Waals surface area contributed by atoms with Gasteiger partial charge in [-0.05, 0) is 37.3 Å². The van der Waals surface area contributed by atoms with Crippen molar-refractivity contribution in [3.8, 4) is 0 Å². The van der Waals surface area contributed by atoms with E-state index in [0.29, 0.717) is 11.5 Å². The van der Waals surface area contributed by atoms with Crippen molar-refractivity contribution in [3.05, 3.63) is 42.2 Å². The molecule has 0 aliphatic carbocycles. The molecule has 0 radical (unpaired) electrons. The van der Waals surface area contributed by atoms with Crippen LogP contribution in [0, 0.1) is 5.41 Å².